The average Bonchev–Trinajstić information content (AvgIpc) is 1.82. The Labute approximate surface area is 59.8 Å². The third-order valence-corrected chi connectivity index (χ3v) is 1.16. The van der Waals surface area contributed by atoms with Gasteiger partial charge in [0.05, 0.1) is 0 Å². The molecule has 0 saturated carbocycles. The molecule has 1 aromatic rings. The average molecular weight is 166 g/mol. The van der Waals surface area contributed by atoms with Crippen LogP contribution in [0.25, 0.3) is 0 Å². The Morgan fingerprint density at radius 3 is 2.40 bits per heavy atom. The Hall–Kier alpha value is -0.970. The van der Waals surface area contributed by atoms with E-state index >= 15 is 0 Å². The molecule has 0 amide bonds. The highest BCUT2D eigenvalue weighted by Gasteiger charge is 2.08. The molecule has 0 saturated heterocycles. The molecule has 0 aliphatic carbocycles. The molecule has 0 spiro atoms. The third-order valence-electron chi connectivity index (χ3n) is 0.809. The van der Waals surface area contributed by atoms with Crippen molar-refractivity contribution in [1.82, 2.24) is 9.97 Å². The molecule has 10 heavy (non-hydrogen) atoms. The number of hydrogen-bond donors (Lipinski definition) is 1. The van der Waals surface area contributed by atoms with E-state index in [1.54, 1.807) is 0 Å². The van der Waals surface area contributed by atoms with Crippen LogP contribution in [0.2, 0.25) is 5.02 Å². The summed E-state index contributed by atoms with van der Waals surface area (Å²) < 4.78 is 24.2. The molecule has 54 valence electrons. The predicted molar refractivity (Wildman–Crippen MR) is 31.4 cm³/mol. The van der Waals surface area contributed by atoms with Gasteiger partial charge in [0, 0.05) is 0 Å². The molecule has 0 atom stereocenters. The molecule has 1 heterocycles. The van der Waals surface area contributed by atoms with Crippen molar-refractivity contribution in [2.75, 3.05) is 5.73 Å². The maximum absolute atomic E-state index is 12.2. The first-order valence-corrected chi connectivity index (χ1v) is 2.63. The number of aromatic nitrogens is 2. The van der Waals surface area contributed by atoms with Crippen molar-refractivity contribution in [2.45, 2.75) is 0 Å². The van der Waals surface area contributed by atoms with E-state index in [2.05, 4.69) is 9.97 Å². The Morgan fingerprint density at radius 1 is 1.30 bits per heavy atom. The molecule has 0 unspecified atom stereocenters. The summed E-state index contributed by atoms with van der Waals surface area (Å²) in [4.78, 5) is 5.64. The number of nitrogens with zero attached hydrogens (tertiary/aromatic N) is 2. The topological polar surface area (TPSA) is 51.8 Å². The Kier molecular flexibility index (Phi) is 1.67. The zero-order valence-corrected chi connectivity index (χ0v) is 5.36. The number of rotatable bonds is 0. The van der Waals surface area contributed by atoms with Crippen molar-refractivity contribution < 1.29 is 8.78 Å². The lowest BCUT2D eigenvalue weighted by Gasteiger charge is -1.95. The zero-order chi connectivity index (χ0) is 7.72. The Balaban J connectivity index is 3.31. The van der Waals surface area contributed by atoms with E-state index in [1.807, 2.05) is 0 Å². The van der Waals surface area contributed by atoms with Gasteiger partial charge < -0.3 is 5.73 Å². The minimum Gasteiger partial charge on any atom is -0.382 e. The Morgan fingerprint density at radius 2 is 1.90 bits per heavy atom. The van der Waals surface area contributed by atoms with Crippen LogP contribution in [0.3, 0.4) is 0 Å². The van der Waals surface area contributed by atoms with Gasteiger partial charge in [0.25, 0.3) is 0 Å². The number of halogens is 3. The van der Waals surface area contributed by atoms with Crippen molar-refractivity contribution in [2.24, 2.45) is 0 Å². The normalized spacial score (nSPS) is 9.90. The Bertz CT molecular complexity index is 242. The van der Waals surface area contributed by atoms with Crippen molar-refractivity contribution in [3.63, 3.8) is 0 Å². The first kappa shape index (κ1) is 7.14. The van der Waals surface area contributed by atoms with Crippen molar-refractivity contribution in [3.8, 4) is 0 Å². The number of nitrogen functional groups attached to an aromatic ring is 1. The molecule has 0 aliphatic rings. The second-order valence-electron chi connectivity index (χ2n) is 1.48. The van der Waals surface area contributed by atoms with E-state index in [4.69, 9.17) is 17.3 Å². The summed E-state index contributed by atoms with van der Waals surface area (Å²) in [6.07, 6.45) is -1.22. The molecule has 0 bridgehead atoms. The molecule has 1 rings (SSSR count). The van der Waals surface area contributed by atoms with Crippen LogP contribution >= 0.6 is 11.6 Å². The van der Waals surface area contributed by atoms with Crippen LogP contribution in [-0.2, 0) is 0 Å². The zero-order valence-electron chi connectivity index (χ0n) is 4.61. The van der Waals surface area contributed by atoms with Gasteiger partial charge in [0.2, 0.25) is 5.95 Å². The van der Waals surface area contributed by atoms with Crippen molar-refractivity contribution in [1.29, 1.82) is 0 Å². The summed E-state index contributed by atoms with van der Waals surface area (Å²) in [6.45, 7) is 0. The van der Waals surface area contributed by atoms with Crippen LogP contribution in [0, 0.1) is 12.0 Å². The van der Waals surface area contributed by atoms with Crippen LogP contribution in [0.15, 0.2) is 0 Å². The third kappa shape index (κ3) is 1.13. The maximum atomic E-state index is 12.2. The van der Waals surface area contributed by atoms with Gasteiger partial charge >= 0.3 is 6.08 Å². The van der Waals surface area contributed by atoms with Gasteiger partial charge in [-0.3, -0.25) is 0 Å². The van der Waals surface area contributed by atoms with Gasteiger partial charge in [-0.1, -0.05) is 11.6 Å². The molecule has 3 nitrogen and oxygen atoms in total. The van der Waals surface area contributed by atoms with Gasteiger partial charge in [-0.05, 0) is 0 Å². The van der Waals surface area contributed by atoms with Gasteiger partial charge in [0.15, 0.2) is 5.82 Å². The molecule has 6 heteroatoms. The molecule has 2 N–H and O–H groups in total. The summed E-state index contributed by atoms with van der Waals surface area (Å²) in [5.41, 5.74) is 4.96. The quantitative estimate of drug-likeness (QED) is 0.461. The summed E-state index contributed by atoms with van der Waals surface area (Å²) in [6, 6.07) is 0. The van der Waals surface area contributed by atoms with Gasteiger partial charge in [-0.2, -0.15) is 18.7 Å². The lowest BCUT2D eigenvalue weighted by molar-refractivity contribution is 0.485. The van der Waals surface area contributed by atoms with E-state index in [1.165, 1.54) is 0 Å². The second-order valence-corrected chi connectivity index (χ2v) is 1.86. The summed E-state index contributed by atoms with van der Waals surface area (Å²) in [7, 11) is 0. The lowest BCUT2D eigenvalue weighted by Crippen LogP contribution is -2.00. The van der Waals surface area contributed by atoms with Gasteiger partial charge in [-0.15, -0.1) is 0 Å². The van der Waals surface area contributed by atoms with Gasteiger partial charge in [0.1, 0.15) is 5.02 Å². The largest absolute Gasteiger partial charge is 0.382 e. The van der Waals surface area contributed by atoms with Crippen LogP contribution in [0.4, 0.5) is 14.6 Å². The van der Waals surface area contributed by atoms with E-state index in [-0.39, 0.29) is 0 Å². The summed E-state index contributed by atoms with van der Waals surface area (Å²) in [5, 5.41) is -0.457. The molecule has 0 radical (unpaired) electrons. The first-order chi connectivity index (χ1) is 4.61. The molecule has 0 aromatic carbocycles. The predicted octanol–water partition coefficient (Wildman–Crippen LogP) is 0.990. The van der Waals surface area contributed by atoms with Crippen LogP contribution < -0.4 is 5.73 Å². The van der Waals surface area contributed by atoms with Gasteiger partial charge in [-0.25, -0.2) is 0 Å². The van der Waals surface area contributed by atoms with E-state index in [9.17, 15) is 8.78 Å². The first-order valence-electron chi connectivity index (χ1n) is 2.25. The minimum atomic E-state index is -1.22. The number of anilines is 1. The van der Waals surface area contributed by atoms with Crippen molar-refractivity contribution >= 4 is 17.4 Å². The standard InChI is InChI=1S/C4H2ClF2N3/c5-1-2(6)9-4(7)10-3(1)8/h(H2,8,9,10). The fraction of sp³-hybridized carbons (Fsp3) is 0. The monoisotopic (exact) mass is 165 g/mol. The van der Waals surface area contributed by atoms with E-state index in [0.717, 1.165) is 0 Å². The molecule has 1 aromatic heterocycles. The summed E-state index contributed by atoms with van der Waals surface area (Å²) >= 11 is 5.16. The fourth-order valence-electron chi connectivity index (χ4n) is 0.409. The highest BCUT2D eigenvalue weighted by molar-refractivity contribution is 6.32. The highest BCUT2D eigenvalue weighted by Crippen LogP contribution is 2.17. The molecular formula is C4H2ClF2N3. The molecular weight excluding hydrogens is 164 g/mol. The number of hydrogen-bond acceptors (Lipinski definition) is 3. The fourth-order valence-corrected chi connectivity index (χ4v) is 0.494. The highest BCUT2D eigenvalue weighted by atomic mass is 35.5. The van der Waals surface area contributed by atoms with Crippen LogP contribution in [0.1, 0.15) is 0 Å². The van der Waals surface area contributed by atoms with Crippen LogP contribution in [0.5, 0.6) is 0 Å². The van der Waals surface area contributed by atoms with Crippen LogP contribution in [-0.4, -0.2) is 9.97 Å². The summed E-state index contributed by atoms with van der Waals surface area (Å²) in [5.74, 6) is -1.54. The second kappa shape index (κ2) is 2.34. The SMILES string of the molecule is Nc1nc(F)nc(F)c1Cl. The van der Waals surface area contributed by atoms with E-state index < -0.39 is 22.9 Å². The maximum Gasteiger partial charge on any atom is 0.313 e. The molecule has 0 fully saturated rings. The minimum absolute atomic E-state index is 0.397. The molecule has 0 aliphatic heterocycles. The van der Waals surface area contributed by atoms with Crippen molar-refractivity contribution in [3.05, 3.63) is 17.0 Å². The number of nitrogens with two attached hydrogens (primary N) is 1. The smallest absolute Gasteiger partial charge is 0.313 e. The van der Waals surface area contributed by atoms with E-state index in [0.29, 0.717) is 0 Å². The lowest BCUT2D eigenvalue weighted by atomic mass is 10.6.